The molecule has 1 amide bonds. The van der Waals surface area contributed by atoms with Crippen LogP contribution < -0.4 is 0 Å². The highest BCUT2D eigenvalue weighted by atomic mass is 16.4. The molecule has 0 aromatic carbocycles. The largest absolute Gasteiger partial charge is 0.477 e. The second-order valence-electron chi connectivity index (χ2n) is 5.23. The fourth-order valence-electron chi connectivity index (χ4n) is 1.92. The third kappa shape index (κ3) is 3.30. The van der Waals surface area contributed by atoms with E-state index in [1.54, 1.807) is 0 Å². The maximum absolute atomic E-state index is 12.4. The molecule has 1 aromatic heterocycles. The van der Waals surface area contributed by atoms with Gasteiger partial charge in [-0.2, -0.15) is 0 Å². The molecule has 0 spiro atoms. The Hall–Kier alpha value is -1.91. The van der Waals surface area contributed by atoms with Gasteiger partial charge in [0.1, 0.15) is 5.69 Å². The third-order valence-corrected chi connectivity index (χ3v) is 3.27. The lowest BCUT2D eigenvalue weighted by Crippen LogP contribution is -2.38. The van der Waals surface area contributed by atoms with Crippen LogP contribution in [-0.4, -0.2) is 39.5 Å². The number of carboxylic acid groups (broad SMARTS) is 1. The minimum atomic E-state index is -1.09. The van der Waals surface area contributed by atoms with Crippen LogP contribution in [0.1, 0.15) is 47.5 Å². The smallest absolute Gasteiger partial charge is 0.354 e. The molecule has 5 nitrogen and oxygen atoms in total. The van der Waals surface area contributed by atoms with Gasteiger partial charge in [-0.1, -0.05) is 0 Å². The Morgan fingerprint density at radius 2 is 2.11 bits per heavy atom. The van der Waals surface area contributed by atoms with Crippen LogP contribution >= 0.6 is 0 Å². The van der Waals surface area contributed by atoms with E-state index in [4.69, 9.17) is 5.11 Å². The van der Waals surface area contributed by atoms with E-state index in [1.807, 2.05) is 18.7 Å². The number of hydrogen-bond acceptors (Lipinski definition) is 3. The minimum absolute atomic E-state index is 0.0464. The summed E-state index contributed by atoms with van der Waals surface area (Å²) in [5.41, 5.74) is 0.397. The summed E-state index contributed by atoms with van der Waals surface area (Å²) in [6.45, 7) is 4.75. The molecule has 1 aromatic rings. The molecule has 2 rings (SSSR count). The second-order valence-corrected chi connectivity index (χ2v) is 5.23. The van der Waals surface area contributed by atoms with E-state index in [2.05, 4.69) is 4.98 Å². The van der Waals surface area contributed by atoms with Gasteiger partial charge in [-0.3, -0.25) is 4.79 Å². The normalized spacial score (nSPS) is 14.5. The van der Waals surface area contributed by atoms with Crippen LogP contribution in [0.25, 0.3) is 0 Å². The number of amides is 1. The Bertz CT molecular complexity index is 478. The number of carbonyl (C=O) groups is 2. The van der Waals surface area contributed by atoms with Crippen molar-refractivity contribution in [2.45, 2.75) is 32.7 Å². The number of aromatic nitrogens is 1. The van der Waals surface area contributed by atoms with Crippen molar-refractivity contribution in [3.63, 3.8) is 0 Å². The lowest BCUT2D eigenvalue weighted by Gasteiger charge is -2.26. The zero-order valence-electron chi connectivity index (χ0n) is 11.2. The number of nitrogens with zero attached hydrogens (tertiary/aromatic N) is 2. The molecule has 1 aliphatic rings. The van der Waals surface area contributed by atoms with Crippen LogP contribution in [0.4, 0.5) is 0 Å². The summed E-state index contributed by atoms with van der Waals surface area (Å²) in [7, 11) is 0. The van der Waals surface area contributed by atoms with Crippen LogP contribution in [0.2, 0.25) is 0 Å². The first-order valence-electron chi connectivity index (χ1n) is 6.49. The number of aromatic carboxylic acids is 1. The zero-order chi connectivity index (χ0) is 14.0. The number of rotatable bonds is 5. The predicted molar refractivity (Wildman–Crippen MR) is 70.1 cm³/mol. The zero-order valence-corrected chi connectivity index (χ0v) is 11.2. The summed E-state index contributed by atoms with van der Waals surface area (Å²) in [5.74, 6) is -0.540. The van der Waals surface area contributed by atoms with Crippen molar-refractivity contribution < 1.29 is 14.7 Å². The quantitative estimate of drug-likeness (QED) is 0.881. The monoisotopic (exact) mass is 262 g/mol. The molecule has 19 heavy (non-hydrogen) atoms. The number of carboxylic acids is 1. The Morgan fingerprint density at radius 3 is 2.53 bits per heavy atom. The molecule has 102 valence electrons. The average Bonchev–Trinajstić information content (AvgIpc) is 3.19. The van der Waals surface area contributed by atoms with Crippen LogP contribution in [0.15, 0.2) is 18.3 Å². The van der Waals surface area contributed by atoms with E-state index in [0.717, 1.165) is 6.54 Å². The van der Waals surface area contributed by atoms with Crippen molar-refractivity contribution in [2.75, 3.05) is 6.54 Å². The molecule has 1 N–H and O–H groups in total. The second kappa shape index (κ2) is 5.38. The molecule has 1 fully saturated rings. The molecule has 1 heterocycles. The highest BCUT2D eigenvalue weighted by Crippen LogP contribution is 2.30. The van der Waals surface area contributed by atoms with Gasteiger partial charge in [0, 0.05) is 18.8 Å². The standard InChI is InChI=1S/C14H18N2O3/c1-9(2)16(8-10-3-4-10)13(17)11-5-6-12(14(18)19)15-7-11/h5-7,9-10H,3-4,8H2,1-2H3,(H,18,19). The van der Waals surface area contributed by atoms with Gasteiger partial charge in [0.05, 0.1) is 5.56 Å². The van der Waals surface area contributed by atoms with Gasteiger partial charge in [0.15, 0.2) is 0 Å². The van der Waals surface area contributed by atoms with Gasteiger partial charge in [-0.05, 0) is 44.7 Å². The Kier molecular flexibility index (Phi) is 3.83. The van der Waals surface area contributed by atoms with E-state index >= 15 is 0 Å². The minimum Gasteiger partial charge on any atom is -0.477 e. The first-order valence-corrected chi connectivity index (χ1v) is 6.49. The maximum atomic E-state index is 12.4. The number of hydrogen-bond donors (Lipinski definition) is 1. The average molecular weight is 262 g/mol. The van der Waals surface area contributed by atoms with Gasteiger partial charge in [-0.25, -0.2) is 9.78 Å². The Morgan fingerprint density at radius 1 is 1.42 bits per heavy atom. The van der Waals surface area contributed by atoms with Gasteiger partial charge >= 0.3 is 5.97 Å². The summed E-state index contributed by atoms with van der Waals surface area (Å²) in [6.07, 6.45) is 3.72. The van der Waals surface area contributed by atoms with Crippen LogP contribution in [0.5, 0.6) is 0 Å². The molecule has 0 aliphatic heterocycles. The summed E-state index contributed by atoms with van der Waals surface area (Å²) in [4.78, 5) is 28.7. The lowest BCUT2D eigenvalue weighted by molar-refractivity contribution is 0.0677. The molecule has 1 saturated carbocycles. The topological polar surface area (TPSA) is 70.5 Å². The molecular weight excluding hydrogens is 244 g/mol. The van der Waals surface area contributed by atoms with Crippen molar-refractivity contribution in [1.82, 2.24) is 9.88 Å². The van der Waals surface area contributed by atoms with Crippen molar-refractivity contribution in [2.24, 2.45) is 5.92 Å². The van der Waals surface area contributed by atoms with E-state index in [0.29, 0.717) is 11.5 Å². The van der Waals surface area contributed by atoms with Gasteiger partial charge < -0.3 is 10.0 Å². The number of pyridine rings is 1. The molecular formula is C14H18N2O3. The van der Waals surface area contributed by atoms with E-state index in [9.17, 15) is 9.59 Å². The van der Waals surface area contributed by atoms with Gasteiger partial charge in [0.25, 0.3) is 5.91 Å². The van der Waals surface area contributed by atoms with E-state index in [-0.39, 0.29) is 17.6 Å². The van der Waals surface area contributed by atoms with Crippen molar-refractivity contribution >= 4 is 11.9 Å². The summed E-state index contributed by atoms with van der Waals surface area (Å²) in [6, 6.07) is 3.03. The fourth-order valence-corrected chi connectivity index (χ4v) is 1.92. The summed E-state index contributed by atoms with van der Waals surface area (Å²) in [5, 5.41) is 8.78. The first kappa shape index (κ1) is 13.5. The van der Waals surface area contributed by atoms with Crippen molar-refractivity contribution in [3.05, 3.63) is 29.6 Å². The Balaban J connectivity index is 2.13. The SMILES string of the molecule is CC(C)N(CC1CC1)C(=O)c1ccc(C(=O)O)nc1. The van der Waals surface area contributed by atoms with E-state index in [1.165, 1.54) is 31.2 Å². The predicted octanol–water partition coefficient (Wildman–Crippen LogP) is 2.04. The molecule has 5 heteroatoms. The highest BCUT2D eigenvalue weighted by Gasteiger charge is 2.28. The van der Waals surface area contributed by atoms with Gasteiger partial charge in [0.2, 0.25) is 0 Å². The van der Waals surface area contributed by atoms with Crippen LogP contribution in [0, 0.1) is 5.92 Å². The van der Waals surface area contributed by atoms with Gasteiger partial charge in [-0.15, -0.1) is 0 Å². The summed E-state index contributed by atoms with van der Waals surface area (Å²) < 4.78 is 0. The van der Waals surface area contributed by atoms with E-state index < -0.39 is 5.97 Å². The molecule has 0 atom stereocenters. The van der Waals surface area contributed by atoms with Crippen molar-refractivity contribution in [3.8, 4) is 0 Å². The summed E-state index contributed by atoms with van der Waals surface area (Å²) >= 11 is 0. The molecule has 0 radical (unpaired) electrons. The molecule has 0 bridgehead atoms. The first-order chi connectivity index (χ1) is 8.99. The molecule has 0 saturated heterocycles. The fraction of sp³-hybridized carbons (Fsp3) is 0.500. The maximum Gasteiger partial charge on any atom is 0.354 e. The molecule has 1 aliphatic carbocycles. The van der Waals surface area contributed by atoms with Crippen molar-refractivity contribution in [1.29, 1.82) is 0 Å². The third-order valence-electron chi connectivity index (χ3n) is 3.27. The van der Waals surface area contributed by atoms with Crippen LogP contribution in [0.3, 0.4) is 0 Å². The van der Waals surface area contributed by atoms with Crippen LogP contribution in [-0.2, 0) is 0 Å². The lowest BCUT2D eigenvalue weighted by atomic mass is 10.2. The Labute approximate surface area is 112 Å². The highest BCUT2D eigenvalue weighted by molar-refractivity contribution is 5.95. The molecule has 0 unspecified atom stereocenters. The number of carbonyl (C=O) groups excluding carboxylic acids is 1.